The van der Waals surface area contributed by atoms with Crippen molar-refractivity contribution in [2.45, 2.75) is 63.5 Å². The standard InChI is InChI=1S/C26H32N6O3/c1-31-20-14-27-25(29-19-10-7-16(13-21(19)35-2)23(33)28-17-8-9-17)30-22(20)32(18-5-3-4-6-18)15-26(11-12-26)24(31)34/h7,10,13-14,17-18H,3-6,8-9,11-12,15H2,1-2H3,(H,28,33)(H,27,29,30). The van der Waals surface area contributed by atoms with Gasteiger partial charge in [-0.15, -0.1) is 0 Å². The molecule has 2 heterocycles. The van der Waals surface area contributed by atoms with Crippen LogP contribution in [-0.2, 0) is 4.79 Å². The summed E-state index contributed by atoms with van der Waals surface area (Å²) in [6.07, 6.45) is 10.4. The molecule has 2 N–H and O–H groups in total. The van der Waals surface area contributed by atoms with Gasteiger partial charge in [-0.05, 0) is 56.7 Å². The predicted octanol–water partition coefficient (Wildman–Crippen LogP) is 3.63. The Balaban J connectivity index is 1.31. The van der Waals surface area contributed by atoms with Crippen molar-refractivity contribution in [3.05, 3.63) is 30.0 Å². The predicted molar refractivity (Wildman–Crippen MR) is 133 cm³/mol. The van der Waals surface area contributed by atoms with Gasteiger partial charge in [0.2, 0.25) is 11.9 Å². The fraction of sp³-hybridized carbons (Fsp3) is 0.538. The highest BCUT2D eigenvalue weighted by Gasteiger charge is 2.55. The molecule has 3 saturated carbocycles. The van der Waals surface area contributed by atoms with Gasteiger partial charge in [-0.2, -0.15) is 4.98 Å². The lowest BCUT2D eigenvalue weighted by atomic mass is 10.0. The first-order chi connectivity index (χ1) is 17.0. The fourth-order valence-corrected chi connectivity index (χ4v) is 5.40. The molecule has 0 bridgehead atoms. The summed E-state index contributed by atoms with van der Waals surface area (Å²) in [6, 6.07) is 6.02. The molecule has 0 unspecified atom stereocenters. The first-order valence-electron chi connectivity index (χ1n) is 12.7. The number of benzene rings is 1. The molecule has 2 aromatic rings. The van der Waals surface area contributed by atoms with E-state index in [1.807, 2.05) is 13.1 Å². The normalized spacial score (nSPS) is 21.0. The summed E-state index contributed by atoms with van der Waals surface area (Å²) in [5, 5.41) is 6.28. The van der Waals surface area contributed by atoms with Gasteiger partial charge in [-0.25, -0.2) is 4.98 Å². The van der Waals surface area contributed by atoms with Crippen LogP contribution in [0.15, 0.2) is 24.4 Å². The molecule has 1 aliphatic heterocycles. The van der Waals surface area contributed by atoms with E-state index < -0.39 is 0 Å². The minimum atomic E-state index is -0.286. The molecule has 35 heavy (non-hydrogen) atoms. The maximum Gasteiger partial charge on any atom is 0.251 e. The SMILES string of the molecule is COc1cc(C(=O)NC2CC2)ccc1Nc1ncc2c(n1)N(C1CCCC1)CC1(CC1)C(=O)N2C. The van der Waals surface area contributed by atoms with Crippen LogP contribution in [0.5, 0.6) is 5.75 Å². The number of carbonyl (C=O) groups is 2. The number of aromatic nitrogens is 2. The molecule has 0 atom stereocenters. The van der Waals surface area contributed by atoms with Crippen LogP contribution in [0.4, 0.5) is 23.1 Å². The van der Waals surface area contributed by atoms with E-state index in [2.05, 4.69) is 20.5 Å². The van der Waals surface area contributed by atoms with Crippen molar-refractivity contribution in [2.75, 3.05) is 35.8 Å². The molecular weight excluding hydrogens is 444 g/mol. The lowest BCUT2D eigenvalue weighted by Crippen LogP contribution is -2.41. The minimum absolute atomic E-state index is 0.0902. The first kappa shape index (κ1) is 22.1. The van der Waals surface area contributed by atoms with Crippen molar-refractivity contribution >= 4 is 35.0 Å². The third-order valence-corrected chi connectivity index (χ3v) is 7.86. The molecule has 3 aliphatic carbocycles. The van der Waals surface area contributed by atoms with E-state index in [0.29, 0.717) is 35.0 Å². The fourth-order valence-electron chi connectivity index (χ4n) is 5.40. The second kappa shape index (κ2) is 8.39. The summed E-state index contributed by atoms with van der Waals surface area (Å²) in [5.41, 5.74) is 1.71. The van der Waals surface area contributed by atoms with E-state index in [1.54, 1.807) is 30.3 Å². The Morgan fingerprint density at radius 3 is 2.63 bits per heavy atom. The van der Waals surface area contributed by atoms with Crippen molar-refractivity contribution in [3.63, 3.8) is 0 Å². The molecule has 6 rings (SSSR count). The van der Waals surface area contributed by atoms with Crippen molar-refractivity contribution in [1.29, 1.82) is 0 Å². The van der Waals surface area contributed by atoms with Crippen molar-refractivity contribution in [1.82, 2.24) is 15.3 Å². The zero-order valence-electron chi connectivity index (χ0n) is 20.3. The van der Waals surface area contributed by atoms with Gasteiger partial charge >= 0.3 is 0 Å². The van der Waals surface area contributed by atoms with E-state index in [1.165, 1.54) is 12.8 Å². The highest BCUT2D eigenvalue weighted by atomic mass is 16.5. The van der Waals surface area contributed by atoms with Gasteiger partial charge in [0.25, 0.3) is 5.91 Å². The topological polar surface area (TPSA) is 99.7 Å². The average Bonchev–Trinajstić information content (AvgIpc) is 3.80. The lowest BCUT2D eigenvalue weighted by molar-refractivity contribution is -0.122. The second-order valence-corrected chi connectivity index (χ2v) is 10.4. The monoisotopic (exact) mass is 476 g/mol. The van der Waals surface area contributed by atoms with Crippen LogP contribution < -0.4 is 25.2 Å². The summed E-state index contributed by atoms with van der Waals surface area (Å²) in [7, 11) is 3.42. The number of hydrogen-bond acceptors (Lipinski definition) is 7. The molecule has 1 aromatic heterocycles. The summed E-state index contributed by atoms with van der Waals surface area (Å²) >= 11 is 0. The van der Waals surface area contributed by atoms with E-state index >= 15 is 0 Å². The van der Waals surface area contributed by atoms with Gasteiger partial charge in [-0.1, -0.05) is 12.8 Å². The maximum atomic E-state index is 13.2. The number of amides is 2. The second-order valence-electron chi connectivity index (χ2n) is 10.4. The number of ether oxygens (including phenoxy) is 1. The van der Waals surface area contributed by atoms with Gasteiger partial charge in [-0.3, -0.25) is 9.59 Å². The average molecular weight is 477 g/mol. The first-order valence-corrected chi connectivity index (χ1v) is 12.7. The molecule has 9 heteroatoms. The molecule has 3 fully saturated rings. The van der Waals surface area contributed by atoms with Gasteiger partial charge < -0.3 is 25.2 Å². The third kappa shape index (κ3) is 4.06. The number of methoxy groups -OCH3 is 1. The van der Waals surface area contributed by atoms with E-state index in [9.17, 15) is 9.59 Å². The molecule has 0 saturated heterocycles. The molecule has 184 valence electrons. The summed E-state index contributed by atoms with van der Waals surface area (Å²) in [4.78, 5) is 39.3. The number of rotatable bonds is 6. The van der Waals surface area contributed by atoms with Gasteiger partial charge in [0.05, 0.1) is 24.4 Å². The van der Waals surface area contributed by atoms with Crippen molar-refractivity contribution < 1.29 is 14.3 Å². The molecule has 0 radical (unpaired) electrons. The third-order valence-electron chi connectivity index (χ3n) is 7.86. The maximum absolute atomic E-state index is 13.2. The van der Waals surface area contributed by atoms with E-state index in [0.717, 1.165) is 56.6 Å². The molecule has 2 amide bonds. The Morgan fingerprint density at radius 1 is 1.17 bits per heavy atom. The summed E-state index contributed by atoms with van der Waals surface area (Å²) in [5.74, 6) is 1.88. The number of carbonyl (C=O) groups excluding carboxylic acids is 2. The molecule has 9 nitrogen and oxygen atoms in total. The largest absolute Gasteiger partial charge is 0.495 e. The highest BCUT2D eigenvalue weighted by molar-refractivity contribution is 6.03. The minimum Gasteiger partial charge on any atom is -0.495 e. The quantitative estimate of drug-likeness (QED) is 0.657. The smallest absolute Gasteiger partial charge is 0.251 e. The van der Waals surface area contributed by atoms with E-state index in [4.69, 9.17) is 9.72 Å². The number of anilines is 4. The number of nitrogens with zero attached hydrogens (tertiary/aromatic N) is 4. The van der Waals surface area contributed by atoms with Crippen molar-refractivity contribution in [2.24, 2.45) is 5.41 Å². The van der Waals surface area contributed by atoms with E-state index in [-0.39, 0.29) is 17.2 Å². The van der Waals surface area contributed by atoms with Crippen LogP contribution in [0.1, 0.15) is 61.7 Å². The number of fused-ring (bicyclic) bond motifs is 1. The molecule has 1 aromatic carbocycles. The molecular formula is C26H32N6O3. The van der Waals surface area contributed by atoms with Crippen LogP contribution in [-0.4, -0.2) is 54.6 Å². The Bertz CT molecular complexity index is 1170. The highest BCUT2D eigenvalue weighted by Crippen LogP contribution is 2.52. The van der Waals surface area contributed by atoms with Gasteiger partial charge in [0.1, 0.15) is 11.4 Å². The Morgan fingerprint density at radius 2 is 1.94 bits per heavy atom. The Hall–Kier alpha value is -3.36. The Labute approximate surface area is 205 Å². The van der Waals surface area contributed by atoms with Crippen LogP contribution in [0, 0.1) is 5.41 Å². The van der Waals surface area contributed by atoms with Crippen molar-refractivity contribution in [3.8, 4) is 5.75 Å². The Kier molecular flexibility index (Phi) is 5.30. The van der Waals surface area contributed by atoms with Crippen LogP contribution >= 0.6 is 0 Å². The summed E-state index contributed by atoms with van der Waals surface area (Å²) in [6.45, 7) is 0.721. The molecule has 4 aliphatic rings. The number of hydrogen-bond donors (Lipinski definition) is 2. The summed E-state index contributed by atoms with van der Waals surface area (Å²) < 4.78 is 5.57. The van der Waals surface area contributed by atoms with Gasteiger partial charge in [0, 0.05) is 31.2 Å². The zero-order valence-corrected chi connectivity index (χ0v) is 20.3. The lowest BCUT2D eigenvalue weighted by Gasteiger charge is -2.31. The van der Waals surface area contributed by atoms with Crippen LogP contribution in [0.25, 0.3) is 0 Å². The molecule has 1 spiro atoms. The zero-order chi connectivity index (χ0) is 24.2. The van der Waals surface area contributed by atoms with Crippen LogP contribution in [0.2, 0.25) is 0 Å². The van der Waals surface area contributed by atoms with Gasteiger partial charge in [0.15, 0.2) is 5.82 Å². The number of nitrogens with one attached hydrogen (secondary N) is 2. The van der Waals surface area contributed by atoms with Crippen LogP contribution in [0.3, 0.4) is 0 Å².